The first kappa shape index (κ1) is 10.4. The van der Waals surface area contributed by atoms with Crippen molar-refractivity contribution in [2.75, 3.05) is 6.54 Å². The van der Waals surface area contributed by atoms with Crippen molar-refractivity contribution >= 4 is 0 Å². The van der Waals surface area contributed by atoms with E-state index >= 15 is 0 Å². The number of likely N-dealkylation sites (tertiary alicyclic amines) is 1. The van der Waals surface area contributed by atoms with Gasteiger partial charge >= 0.3 is 0 Å². The van der Waals surface area contributed by atoms with Gasteiger partial charge < -0.3 is 4.42 Å². The Morgan fingerprint density at radius 2 is 2.22 bits per heavy atom. The maximum absolute atomic E-state index is 5.87. The van der Waals surface area contributed by atoms with Crippen LogP contribution in [0.5, 0.6) is 0 Å². The van der Waals surface area contributed by atoms with Gasteiger partial charge in [-0.15, -0.1) is 0 Å². The van der Waals surface area contributed by atoms with Gasteiger partial charge in [-0.05, 0) is 43.4 Å². The smallest absolute Gasteiger partial charge is 0.152 e. The summed E-state index contributed by atoms with van der Waals surface area (Å²) in [7, 11) is 0. The molecule has 1 saturated heterocycles. The molecule has 2 aromatic heterocycles. The zero-order chi connectivity index (χ0) is 11.9. The Kier molecular flexibility index (Phi) is 2.30. The second kappa shape index (κ2) is 3.99. The van der Waals surface area contributed by atoms with E-state index in [1.54, 1.807) is 6.20 Å². The molecule has 2 aliphatic rings. The van der Waals surface area contributed by atoms with Gasteiger partial charge in [0.25, 0.3) is 0 Å². The Bertz CT molecular complexity index is 527. The number of rotatable bonds is 4. The van der Waals surface area contributed by atoms with Crippen LogP contribution >= 0.6 is 0 Å². The van der Waals surface area contributed by atoms with Crippen molar-refractivity contribution < 1.29 is 4.42 Å². The monoisotopic (exact) mass is 243 g/mol. The number of furan rings is 1. The van der Waals surface area contributed by atoms with Crippen molar-refractivity contribution in [2.45, 2.75) is 31.8 Å². The number of hydrogen-bond donors (Lipinski definition) is 1. The van der Waals surface area contributed by atoms with E-state index in [1.807, 2.05) is 12.1 Å². The van der Waals surface area contributed by atoms with E-state index in [9.17, 15) is 0 Å². The zero-order valence-electron chi connectivity index (χ0n) is 10.3. The third-order valence-electron chi connectivity index (χ3n) is 4.13. The summed E-state index contributed by atoms with van der Waals surface area (Å²) in [5, 5.41) is 6.87. The highest BCUT2D eigenvalue weighted by Gasteiger charge is 2.40. The first-order valence-electron chi connectivity index (χ1n) is 6.73. The highest BCUT2D eigenvalue weighted by molar-refractivity contribution is 5.51. The number of nitrogens with zero attached hydrogens (tertiary/aromatic N) is 2. The van der Waals surface area contributed by atoms with Crippen LogP contribution in [0, 0.1) is 5.92 Å². The third-order valence-corrected chi connectivity index (χ3v) is 4.13. The molecule has 1 aliphatic carbocycles. The van der Waals surface area contributed by atoms with Crippen LogP contribution < -0.4 is 0 Å². The molecule has 2 aromatic rings. The van der Waals surface area contributed by atoms with Crippen LogP contribution in [-0.4, -0.2) is 27.7 Å². The van der Waals surface area contributed by atoms with Crippen LogP contribution in [0.4, 0.5) is 0 Å². The van der Waals surface area contributed by atoms with E-state index < -0.39 is 0 Å². The maximum atomic E-state index is 5.87. The Labute approximate surface area is 106 Å². The SMILES string of the molecule is c1cc(-c2ccc(CN3CCC3C3CC3)o2)[nH]n1. The topological polar surface area (TPSA) is 45.1 Å². The molecule has 1 N–H and O–H groups in total. The van der Waals surface area contributed by atoms with Crippen LogP contribution in [0.15, 0.2) is 28.8 Å². The summed E-state index contributed by atoms with van der Waals surface area (Å²) >= 11 is 0. The van der Waals surface area contributed by atoms with Crippen LogP contribution in [0.1, 0.15) is 25.0 Å². The van der Waals surface area contributed by atoms with Crippen molar-refractivity contribution in [3.05, 3.63) is 30.2 Å². The standard InChI is InChI=1S/C14H17N3O/c1-2-10(1)13-6-8-17(13)9-11-3-4-14(18-11)12-5-7-15-16-12/h3-5,7,10,13H,1-2,6,8-9H2,(H,15,16). The number of aromatic nitrogens is 2. The average Bonchev–Trinajstić information content (AvgIpc) is 2.87. The molecule has 0 aromatic carbocycles. The van der Waals surface area contributed by atoms with Gasteiger partial charge in [-0.1, -0.05) is 0 Å². The maximum Gasteiger partial charge on any atom is 0.152 e. The second-order valence-electron chi connectivity index (χ2n) is 5.40. The number of hydrogen-bond acceptors (Lipinski definition) is 3. The summed E-state index contributed by atoms with van der Waals surface area (Å²) < 4.78 is 5.87. The molecule has 0 amide bonds. The molecule has 94 valence electrons. The fraction of sp³-hybridized carbons (Fsp3) is 0.500. The van der Waals surface area contributed by atoms with Crippen LogP contribution in [0.2, 0.25) is 0 Å². The summed E-state index contributed by atoms with van der Waals surface area (Å²) in [6, 6.07) is 6.86. The van der Waals surface area contributed by atoms with Crippen molar-refractivity contribution in [3.63, 3.8) is 0 Å². The lowest BCUT2D eigenvalue weighted by Gasteiger charge is -2.40. The second-order valence-corrected chi connectivity index (χ2v) is 5.40. The highest BCUT2D eigenvalue weighted by Crippen LogP contribution is 2.41. The van der Waals surface area contributed by atoms with Gasteiger partial charge in [-0.2, -0.15) is 5.10 Å². The van der Waals surface area contributed by atoms with E-state index in [0.717, 1.165) is 35.7 Å². The molecule has 4 nitrogen and oxygen atoms in total. The molecule has 4 heteroatoms. The van der Waals surface area contributed by atoms with E-state index in [-0.39, 0.29) is 0 Å². The molecule has 1 saturated carbocycles. The number of nitrogens with one attached hydrogen (secondary N) is 1. The molecule has 2 fully saturated rings. The Hall–Kier alpha value is -1.55. The molecule has 1 unspecified atom stereocenters. The lowest BCUT2D eigenvalue weighted by molar-refractivity contribution is 0.0585. The van der Waals surface area contributed by atoms with E-state index in [1.165, 1.54) is 25.8 Å². The quantitative estimate of drug-likeness (QED) is 0.898. The third kappa shape index (κ3) is 1.77. The van der Waals surface area contributed by atoms with Crippen molar-refractivity contribution in [1.29, 1.82) is 0 Å². The van der Waals surface area contributed by atoms with Crippen molar-refractivity contribution in [2.24, 2.45) is 5.92 Å². The molecule has 0 bridgehead atoms. The molecule has 0 radical (unpaired) electrons. The normalized spacial score (nSPS) is 24.1. The van der Waals surface area contributed by atoms with Crippen molar-refractivity contribution in [3.8, 4) is 11.5 Å². The summed E-state index contributed by atoms with van der Waals surface area (Å²) in [6.45, 7) is 2.18. The summed E-state index contributed by atoms with van der Waals surface area (Å²) in [4.78, 5) is 2.55. The van der Waals surface area contributed by atoms with Gasteiger partial charge in [-0.3, -0.25) is 10.00 Å². The van der Waals surface area contributed by atoms with Gasteiger partial charge in [0.05, 0.1) is 6.54 Å². The largest absolute Gasteiger partial charge is 0.458 e. The van der Waals surface area contributed by atoms with Crippen LogP contribution in [0.3, 0.4) is 0 Å². The van der Waals surface area contributed by atoms with E-state index in [0.29, 0.717) is 0 Å². The molecule has 18 heavy (non-hydrogen) atoms. The molecule has 4 rings (SSSR count). The van der Waals surface area contributed by atoms with Gasteiger partial charge in [0.1, 0.15) is 11.5 Å². The van der Waals surface area contributed by atoms with Crippen LogP contribution in [0.25, 0.3) is 11.5 Å². The minimum atomic E-state index is 0.825. The summed E-state index contributed by atoms with van der Waals surface area (Å²) in [6.07, 6.45) is 5.98. The van der Waals surface area contributed by atoms with Gasteiger partial charge in [0.15, 0.2) is 5.76 Å². The fourth-order valence-corrected chi connectivity index (χ4v) is 2.87. The minimum Gasteiger partial charge on any atom is -0.458 e. The average molecular weight is 243 g/mol. The first-order chi connectivity index (χ1) is 8.90. The fourth-order valence-electron chi connectivity index (χ4n) is 2.87. The Morgan fingerprint density at radius 1 is 1.28 bits per heavy atom. The molecule has 3 heterocycles. The molecule has 1 atom stereocenters. The van der Waals surface area contributed by atoms with Crippen molar-refractivity contribution in [1.82, 2.24) is 15.1 Å². The first-order valence-corrected chi connectivity index (χ1v) is 6.73. The lowest BCUT2D eigenvalue weighted by atomic mass is 9.98. The van der Waals surface area contributed by atoms with Gasteiger partial charge in [0.2, 0.25) is 0 Å². The Morgan fingerprint density at radius 3 is 2.89 bits per heavy atom. The summed E-state index contributed by atoms with van der Waals surface area (Å²) in [5.74, 6) is 2.91. The predicted molar refractivity (Wildman–Crippen MR) is 67.8 cm³/mol. The predicted octanol–water partition coefficient (Wildman–Crippen LogP) is 2.65. The number of aromatic amines is 1. The van der Waals surface area contributed by atoms with Gasteiger partial charge in [-0.25, -0.2) is 0 Å². The minimum absolute atomic E-state index is 0.825. The van der Waals surface area contributed by atoms with Gasteiger partial charge in [0, 0.05) is 18.8 Å². The molecule has 1 aliphatic heterocycles. The van der Waals surface area contributed by atoms with Crippen LogP contribution in [-0.2, 0) is 6.54 Å². The van der Waals surface area contributed by atoms with E-state index in [4.69, 9.17) is 4.42 Å². The zero-order valence-corrected chi connectivity index (χ0v) is 10.3. The lowest BCUT2D eigenvalue weighted by Crippen LogP contribution is -2.48. The summed E-state index contributed by atoms with van der Waals surface area (Å²) in [5.41, 5.74) is 0.948. The number of H-pyrrole nitrogens is 1. The van der Waals surface area contributed by atoms with E-state index in [2.05, 4.69) is 21.2 Å². The molecular weight excluding hydrogens is 226 g/mol. The Balaban J connectivity index is 1.46. The highest BCUT2D eigenvalue weighted by atomic mass is 16.3. The molecule has 0 spiro atoms. The molecular formula is C14H17N3O.